The van der Waals surface area contributed by atoms with Crippen LogP contribution in [0.5, 0.6) is 6.01 Å². The lowest BCUT2D eigenvalue weighted by Gasteiger charge is -2.41. The van der Waals surface area contributed by atoms with Gasteiger partial charge in [-0.3, -0.25) is 9.59 Å². The molecule has 1 aliphatic carbocycles. The Balaban J connectivity index is 1.69. The van der Waals surface area contributed by atoms with Gasteiger partial charge in [0.25, 0.3) is 5.91 Å². The lowest BCUT2D eigenvalue weighted by molar-refractivity contribution is -0.131. The number of nitrogens with one attached hydrogen (secondary N) is 1. The van der Waals surface area contributed by atoms with Gasteiger partial charge in [0.05, 0.1) is 31.3 Å². The van der Waals surface area contributed by atoms with E-state index in [0.29, 0.717) is 36.6 Å². The van der Waals surface area contributed by atoms with Crippen LogP contribution in [0.4, 0.5) is 15.9 Å². The van der Waals surface area contributed by atoms with Crippen molar-refractivity contribution in [2.24, 2.45) is 0 Å². The van der Waals surface area contributed by atoms with Gasteiger partial charge in [-0.15, -0.1) is 0 Å². The lowest BCUT2D eigenvalue weighted by Crippen LogP contribution is -2.55. The van der Waals surface area contributed by atoms with E-state index in [1.54, 1.807) is 0 Å². The van der Waals surface area contributed by atoms with Crippen LogP contribution in [-0.4, -0.2) is 60.0 Å². The number of fused-ring (bicyclic) bond motifs is 1. The number of nitriles is 1. The van der Waals surface area contributed by atoms with E-state index < -0.39 is 17.8 Å². The molecule has 10 heteroatoms. The van der Waals surface area contributed by atoms with Crippen LogP contribution in [0.2, 0.25) is 0 Å². The summed E-state index contributed by atoms with van der Waals surface area (Å²) in [6.45, 7) is 3.83. The van der Waals surface area contributed by atoms with Gasteiger partial charge in [-0.05, 0) is 42.7 Å². The second kappa shape index (κ2) is 11.2. The molecule has 1 aromatic carbocycles. The largest absolute Gasteiger partial charge is 0.467 e. The normalized spacial score (nSPS) is 19.1. The Hall–Kier alpha value is -4.00. The number of benzene rings is 1. The fraction of sp³-hybridized carbons (Fsp3) is 0.423. The molecule has 0 radical (unpaired) electrons. The molecule has 1 fully saturated rings. The van der Waals surface area contributed by atoms with E-state index >= 15 is 0 Å². The van der Waals surface area contributed by atoms with Gasteiger partial charge >= 0.3 is 6.01 Å². The average molecular weight is 493 g/mol. The number of rotatable bonds is 8. The van der Waals surface area contributed by atoms with Crippen LogP contribution in [0, 0.1) is 11.3 Å². The number of carbonyl (C=O) groups is 2. The predicted molar refractivity (Wildman–Crippen MR) is 132 cm³/mol. The zero-order valence-electron chi connectivity index (χ0n) is 20.2. The number of methoxy groups -OCH3 is 1. The molecule has 0 saturated carbocycles. The number of halogens is 1. The topological polar surface area (TPSA) is 111 Å². The van der Waals surface area contributed by atoms with Gasteiger partial charge in [0.2, 0.25) is 6.41 Å². The fourth-order valence-electron chi connectivity index (χ4n) is 5.20. The van der Waals surface area contributed by atoms with Crippen molar-refractivity contribution in [2.45, 2.75) is 44.1 Å². The molecular formula is C26H29FN6O3. The van der Waals surface area contributed by atoms with Crippen LogP contribution >= 0.6 is 0 Å². The average Bonchev–Trinajstić information content (AvgIpc) is 2.89. The number of nitrogens with zero attached hydrogens (tertiary/aromatic N) is 5. The summed E-state index contributed by atoms with van der Waals surface area (Å²) < 4.78 is 19.0. The highest BCUT2D eigenvalue weighted by Gasteiger charge is 2.34. The lowest BCUT2D eigenvalue weighted by atomic mass is 9.80. The summed E-state index contributed by atoms with van der Waals surface area (Å²) in [6.07, 6.45) is 4.29. The van der Waals surface area contributed by atoms with Gasteiger partial charge in [0.15, 0.2) is 11.6 Å². The number of anilines is 2. The SMILES string of the molecule is C=C(F)C(=O)N1CCN(c2nc(OC)nc(CC3CCCc4ccccc43)c2NC=O)CC1CC#N. The van der Waals surface area contributed by atoms with Crippen molar-refractivity contribution in [1.82, 2.24) is 14.9 Å². The van der Waals surface area contributed by atoms with Crippen molar-refractivity contribution in [1.29, 1.82) is 5.26 Å². The Kier molecular flexibility index (Phi) is 7.78. The maximum absolute atomic E-state index is 13.6. The zero-order valence-corrected chi connectivity index (χ0v) is 20.2. The number of aromatic nitrogens is 2. The first-order chi connectivity index (χ1) is 17.5. The summed E-state index contributed by atoms with van der Waals surface area (Å²) >= 11 is 0. The van der Waals surface area contributed by atoms with Crippen LogP contribution < -0.4 is 15.0 Å². The second-order valence-electron chi connectivity index (χ2n) is 8.98. The molecule has 36 heavy (non-hydrogen) atoms. The van der Waals surface area contributed by atoms with Gasteiger partial charge in [0, 0.05) is 19.6 Å². The number of carbonyl (C=O) groups excluding carboxylic acids is 2. The molecule has 2 aromatic rings. The number of ether oxygens (including phenoxy) is 1. The number of aryl methyl sites for hydroxylation is 1. The highest BCUT2D eigenvalue weighted by molar-refractivity contribution is 5.91. The van der Waals surface area contributed by atoms with Crippen LogP contribution in [0.15, 0.2) is 36.7 Å². The highest BCUT2D eigenvalue weighted by atomic mass is 19.1. The third kappa shape index (κ3) is 5.15. The predicted octanol–water partition coefficient (Wildman–Crippen LogP) is 3.13. The van der Waals surface area contributed by atoms with Gasteiger partial charge in [0.1, 0.15) is 5.69 Å². The molecule has 188 valence electrons. The summed E-state index contributed by atoms with van der Waals surface area (Å²) in [6, 6.07) is 10.0. The first kappa shape index (κ1) is 25.1. The van der Waals surface area contributed by atoms with E-state index in [4.69, 9.17) is 4.74 Å². The van der Waals surface area contributed by atoms with Gasteiger partial charge < -0.3 is 19.9 Å². The van der Waals surface area contributed by atoms with Crippen LogP contribution in [0.25, 0.3) is 0 Å². The summed E-state index contributed by atoms with van der Waals surface area (Å²) in [5, 5.41) is 12.1. The van der Waals surface area contributed by atoms with E-state index in [1.807, 2.05) is 17.0 Å². The maximum Gasteiger partial charge on any atom is 0.318 e. The summed E-state index contributed by atoms with van der Waals surface area (Å²) in [7, 11) is 1.48. The van der Waals surface area contributed by atoms with E-state index in [9.17, 15) is 19.2 Å². The molecule has 0 spiro atoms. The standard InChI is InChI=1S/C26H29FN6O3/c1-17(27)25(35)33-13-12-32(15-20(33)10-11-28)24-23(29-16-34)22(30-26(31-24)36-2)14-19-8-5-7-18-6-3-4-9-21(18)19/h3-4,6,9,16,19-20H,1,5,7-8,10,12-15H2,2H3,(H,29,34). The third-order valence-corrected chi connectivity index (χ3v) is 6.87. The number of hydrogen-bond acceptors (Lipinski definition) is 7. The Morgan fingerprint density at radius 3 is 2.89 bits per heavy atom. The molecule has 1 aliphatic heterocycles. The Morgan fingerprint density at radius 1 is 1.36 bits per heavy atom. The minimum Gasteiger partial charge on any atom is -0.467 e. The van der Waals surface area contributed by atoms with Gasteiger partial charge in [-0.2, -0.15) is 15.2 Å². The molecular weight excluding hydrogens is 463 g/mol. The molecule has 2 aliphatic rings. The third-order valence-electron chi connectivity index (χ3n) is 6.87. The van der Waals surface area contributed by atoms with Gasteiger partial charge in [-0.1, -0.05) is 30.8 Å². The first-order valence-electron chi connectivity index (χ1n) is 12.0. The minimum absolute atomic E-state index is 0.0138. The van der Waals surface area contributed by atoms with Crippen molar-refractivity contribution in [2.75, 3.05) is 37.0 Å². The highest BCUT2D eigenvalue weighted by Crippen LogP contribution is 2.38. The second-order valence-corrected chi connectivity index (χ2v) is 8.98. The quantitative estimate of drug-likeness (QED) is 0.445. The first-order valence-corrected chi connectivity index (χ1v) is 12.0. The molecule has 9 nitrogen and oxygen atoms in total. The summed E-state index contributed by atoms with van der Waals surface area (Å²) in [5.41, 5.74) is 3.74. The van der Waals surface area contributed by atoms with Crippen molar-refractivity contribution < 1.29 is 18.7 Å². The molecule has 2 amide bonds. The van der Waals surface area contributed by atoms with Crippen molar-refractivity contribution in [3.05, 3.63) is 53.5 Å². The molecule has 4 rings (SSSR count). The van der Waals surface area contributed by atoms with E-state index in [2.05, 4.69) is 40.1 Å². The Labute approximate surface area is 209 Å². The smallest absolute Gasteiger partial charge is 0.318 e. The number of amides is 2. The molecule has 1 N–H and O–H groups in total. The van der Waals surface area contributed by atoms with Gasteiger partial charge in [-0.25, -0.2) is 4.39 Å². The van der Waals surface area contributed by atoms with Crippen molar-refractivity contribution >= 4 is 23.8 Å². The molecule has 2 unspecified atom stereocenters. The summed E-state index contributed by atoms with van der Waals surface area (Å²) in [5.74, 6) is -1.21. The van der Waals surface area contributed by atoms with E-state index in [-0.39, 0.29) is 31.4 Å². The Morgan fingerprint density at radius 2 is 2.17 bits per heavy atom. The molecule has 0 bridgehead atoms. The minimum atomic E-state index is -1.06. The zero-order chi connectivity index (χ0) is 25.7. The number of hydrogen-bond donors (Lipinski definition) is 1. The van der Waals surface area contributed by atoms with E-state index in [1.165, 1.54) is 23.1 Å². The summed E-state index contributed by atoms with van der Waals surface area (Å²) in [4.78, 5) is 36.2. The van der Waals surface area contributed by atoms with E-state index in [0.717, 1.165) is 19.3 Å². The van der Waals surface area contributed by atoms with Crippen LogP contribution in [0.3, 0.4) is 0 Å². The number of piperazine rings is 1. The molecule has 2 atom stereocenters. The monoisotopic (exact) mass is 492 g/mol. The molecule has 2 heterocycles. The van der Waals surface area contributed by atoms with Crippen molar-refractivity contribution in [3.8, 4) is 12.1 Å². The maximum atomic E-state index is 13.6. The molecule has 1 saturated heterocycles. The fourth-order valence-corrected chi connectivity index (χ4v) is 5.20. The van der Waals surface area contributed by atoms with Crippen LogP contribution in [0.1, 0.15) is 42.0 Å². The van der Waals surface area contributed by atoms with Crippen molar-refractivity contribution in [3.63, 3.8) is 0 Å². The van der Waals surface area contributed by atoms with Crippen LogP contribution in [-0.2, 0) is 22.4 Å². The molecule has 1 aromatic heterocycles. The Bertz CT molecular complexity index is 1200.